The maximum absolute atomic E-state index is 9.14. The van der Waals surface area contributed by atoms with Crippen molar-refractivity contribution in [3.63, 3.8) is 0 Å². The number of hydrogen-bond acceptors (Lipinski definition) is 3. The van der Waals surface area contributed by atoms with Crippen molar-refractivity contribution in [1.29, 1.82) is 0 Å². The average Bonchev–Trinajstić information content (AvgIpc) is 2.19. The van der Waals surface area contributed by atoms with E-state index in [0.717, 1.165) is 19.4 Å². The van der Waals surface area contributed by atoms with E-state index < -0.39 is 0 Å². The molecule has 0 aliphatic carbocycles. The molecule has 3 nitrogen and oxygen atoms in total. The molecule has 0 bridgehead atoms. The normalized spacial score (nSPS) is 18.2. The fourth-order valence-corrected chi connectivity index (χ4v) is 1.02. The highest BCUT2D eigenvalue weighted by Gasteiger charge is 2.21. The minimum absolute atomic E-state index is 0.0530. The Morgan fingerprint density at radius 2 is 1.92 bits per heavy atom. The van der Waals surface area contributed by atoms with Gasteiger partial charge in [0.15, 0.2) is 0 Å². The summed E-state index contributed by atoms with van der Waals surface area (Å²) in [7, 11) is 0. The Morgan fingerprint density at radius 1 is 1.31 bits per heavy atom. The molecule has 0 spiro atoms. The lowest BCUT2D eigenvalue weighted by Crippen LogP contribution is -2.41. The van der Waals surface area contributed by atoms with Crippen LogP contribution >= 0.6 is 0 Å². The molecule has 0 radical (unpaired) electrons. The summed E-state index contributed by atoms with van der Waals surface area (Å²) in [4.78, 5) is 0. The zero-order valence-corrected chi connectivity index (χ0v) is 9.01. The predicted octanol–water partition coefficient (Wildman–Crippen LogP) is 0.755. The molecule has 0 aliphatic rings. The Morgan fingerprint density at radius 3 is 2.23 bits per heavy atom. The molecule has 13 heavy (non-hydrogen) atoms. The molecular weight excluding hydrogens is 166 g/mol. The minimum atomic E-state index is -0.0530. The van der Waals surface area contributed by atoms with Gasteiger partial charge >= 0.3 is 0 Å². The first-order valence-electron chi connectivity index (χ1n) is 5.07. The van der Waals surface area contributed by atoms with E-state index in [-0.39, 0.29) is 24.7 Å². The monoisotopic (exact) mass is 189 g/mol. The fourth-order valence-electron chi connectivity index (χ4n) is 1.02. The van der Waals surface area contributed by atoms with Gasteiger partial charge in [-0.15, -0.1) is 0 Å². The highest BCUT2D eigenvalue weighted by Crippen LogP contribution is 2.18. The average molecular weight is 189 g/mol. The van der Waals surface area contributed by atoms with Crippen LogP contribution in [0.4, 0.5) is 0 Å². The Balaban J connectivity index is 3.83. The second kappa shape index (κ2) is 6.35. The van der Waals surface area contributed by atoms with Gasteiger partial charge < -0.3 is 15.5 Å². The molecule has 1 unspecified atom stereocenters. The van der Waals surface area contributed by atoms with Crippen molar-refractivity contribution in [2.24, 2.45) is 5.41 Å². The molecule has 0 aromatic carbocycles. The first-order chi connectivity index (χ1) is 6.11. The van der Waals surface area contributed by atoms with Crippen molar-refractivity contribution in [3.05, 3.63) is 0 Å². The molecule has 0 aromatic heterocycles. The van der Waals surface area contributed by atoms with Gasteiger partial charge in [-0.1, -0.05) is 20.8 Å². The number of aliphatic hydroxyl groups is 2. The highest BCUT2D eigenvalue weighted by molar-refractivity contribution is 4.76. The largest absolute Gasteiger partial charge is 0.396 e. The van der Waals surface area contributed by atoms with Gasteiger partial charge in [0.1, 0.15) is 0 Å². The molecule has 0 aliphatic heterocycles. The summed E-state index contributed by atoms with van der Waals surface area (Å²) < 4.78 is 0. The van der Waals surface area contributed by atoms with Crippen molar-refractivity contribution >= 4 is 0 Å². The Kier molecular flexibility index (Phi) is 6.29. The number of rotatable bonds is 7. The van der Waals surface area contributed by atoms with Gasteiger partial charge in [0, 0.05) is 24.6 Å². The topological polar surface area (TPSA) is 52.5 Å². The SMILES string of the molecule is CC[C@@H](CO)NCC(C)(CC)CO. The van der Waals surface area contributed by atoms with Crippen LogP contribution in [0.1, 0.15) is 33.6 Å². The Labute approximate surface area is 81.2 Å². The third-order valence-electron chi connectivity index (χ3n) is 2.77. The van der Waals surface area contributed by atoms with Crippen molar-refractivity contribution in [2.75, 3.05) is 19.8 Å². The maximum atomic E-state index is 9.14. The van der Waals surface area contributed by atoms with Crippen LogP contribution in [0.15, 0.2) is 0 Å². The van der Waals surface area contributed by atoms with Gasteiger partial charge in [0.2, 0.25) is 0 Å². The number of hydrogen-bond donors (Lipinski definition) is 3. The van der Waals surface area contributed by atoms with E-state index in [2.05, 4.69) is 12.2 Å². The first-order valence-corrected chi connectivity index (χ1v) is 5.07. The molecule has 0 aromatic rings. The van der Waals surface area contributed by atoms with E-state index in [1.165, 1.54) is 0 Å². The van der Waals surface area contributed by atoms with Gasteiger partial charge in [-0.25, -0.2) is 0 Å². The van der Waals surface area contributed by atoms with Gasteiger partial charge in [-0.05, 0) is 12.8 Å². The van der Waals surface area contributed by atoms with E-state index in [0.29, 0.717) is 0 Å². The van der Waals surface area contributed by atoms with Gasteiger partial charge in [-0.2, -0.15) is 0 Å². The van der Waals surface area contributed by atoms with Crippen LogP contribution in [-0.2, 0) is 0 Å². The summed E-state index contributed by atoms with van der Waals surface area (Å²) in [6, 6.07) is 0.164. The van der Waals surface area contributed by atoms with Crippen molar-refractivity contribution < 1.29 is 10.2 Å². The molecule has 0 saturated heterocycles. The summed E-state index contributed by atoms with van der Waals surface area (Å²) in [5.41, 5.74) is -0.0530. The maximum Gasteiger partial charge on any atom is 0.0584 e. The van der Waals surface area contributed by atoms with E-state index in [4.69, 9.17) is 10.2 Å². The van der Waals surface area contributed by atoms with E-state index in [1.807, 2.05) is 13.8 Å². The molecule has 0 fully saturated rings. The standard InChI is InChI=1S/C10H23NO2/c1-4-9(6-12)11-7-10(3,5-2)8-13/h9,11-13H,4-8H2,1-3H3/t9-,10?/m0/s1. The summed E-state index contributed by atoms with van der Waals surface area (Å²) in [6.07, 6.45) is 1.86. The molecule has 0 saturated carbocycles. The van der Waals surface area contributed by atoms with E-state index in [1.54, 1.807) is 0 Å². The van der Waals surface area contributed by atoms with Crippen LogP contribution in [0.5, 0.6) is 0 Å². The van der Waals surface area contributed by atoms with Crippen LogP contribution in [0.2, 0.25) is 0 Å². The molecule has 0 rings (SSSR count). The predicted molar refractivity (Wildman–Crippen MR) is 54.7 cm³/mol. The third-order valence-corrected chi connectivity index (χ3v) is 2.77. The second-order valence-corrected chi connectivity index (χ2v) is 3.99. The lowest BCUT2D eigenvalue weighted by atomic mass is 9.88. The van der Waals surface area contributed by atoms with E-state index in [9.17, 15) is 0 Å². The molecule has 0 heterocycles. The summed E-state index contributed by atoms with van der Waals surface area (Å²) in [5.74, 6) is 0. The summed E-state index contributed by atoms with van der Waals surface area (Å²) in [5, 5.41) is 21.3. The molecular formula is C10H23NO2. The minimum Gasteiger partial charge on any atom is -0.396 e. The smallest absolute Gasteiger partial charge is 0.0584 e. The van der Waals surface area contributed by atoms with Crippen LogP contribution in [0, 0.1) is 5.41 Å². The molecule has 80 valence electrons. The number of aliphatic hydroxyl groups excluding tert-OH is 2. The second-order valence-electron chi connectivity index (χ2n) is 3.99. The third kappa shape index (κ3) is 4.60. The van der Waals surface area contributed by atoms with Crippen LogP contribution in [0.3, 0.4) is 0 Å². The van der Waals surface area contributed by atoms with Crippen molar-refractivity contribution in [1.82, 2.24) is 5.32 Å². The lowest BCUT2D eigenvalue weighted by molar-refractivity contribution is 0.125. The Hall–Kier alpha value is -0.120. The van der Waals surface area contributed by atoms with Crippen molar-refractivity contribution in [3.8, 4) is 0 Å². The van der Waals surface area contributed by atoms with Crippen LogP contribution < -0.4 is 5.32 Å². The van der Waals surface area contributed by atoms with Crippen LogP contribution in [-0.4, -0.2) is 36.0 Å². The molecule has 0 amide bonds. The van der Waals surface area contributed by atoms with Gasteiger partial charge in [0.05, 0.1) is 6.61 Å². The molecule has 3 N–H and O–H groups in total. The molecule has 3 heteroatoms. The quantitative estimate of drug-likeness (QED) is 0.554. The summed E-state index contributed by atoms with van der Waals surface area (Å²) >= 11 is 0. The van der Waals surface area contributed by atoms with E-state index >= 15 is 0 Å². The van der Waals surface area contributed by atoms with Crippen molar-refractivity contribution in [2.45, 2.75) is 39.7 Å². The zero-order chi connectivity index (χ0) is 10.3. The highest BCUT2D eigenvalue weighted by atomic mass is 16.3. The first kappa shape index (κ1) is 12.9. The van der Waals surface area contributed by atoms with Gasteiger partial charge in [-0.3, -0.25) is 0 Å². The fraction of sp³-hybridized carbons (Fsp3) is 1.00. The summed E-state index contributed by atoms with van der Waals surface area (Å²) in [6.45, 7) is 7.27. The molecule has 2 atom stereocenters. The number of nitrogens with one attached hydrogen (secondary N) is 1. The zero-order valence-electron chi connectivity index (χ0n) is 9.01. The van der Waals surface area contributed by atoms with Gasteiger partial charge in [0.25, 0.3) is 0 Å². The lowest BCUT2D eigenvalue weighted by Gasteiger charge is -2.28. The van der Waals surface area contributed by atoms with Crippen LogP contribution in [0.25, 0.3) is 0 Å². The Bertz CT molecular complexity index is 120.